The largest absolute Gasteiger partial charge is 0.317 e. The molecule has 0 aliphatic heterocycles. The van der Waals surface area contributed by atoms with Crippen molar-refractivity contribution in [2.45, 2.75) is 45.1 Å². The summed E-state index contributed by atoms with van der Waals surface area (Å²) in [7, 11) is 2.04. The fourth-order valence-electron chi connectivity index (χ4n) is 2.04. The van der Waals surface area contributed by atoms with E-state index in [-0.39, 0.29) is 0 Å². The zero-order valence-electron chi connectivity index (χ0n) is 10.6. The number of benzene rings is 1. The van der Waals surface area contributed by atoms with Gasteiger partial charge in [0, 0.05) is 16.1 Å². The van der Waals surface area contributed by atoms with Crippen LogP contribution in [0.3, 0.4) is 0 Å². The Morgan fingerprint density at radius 3 is 2.59 bits per heavy atom. The van der Waals surface area contributed by atoms with Crippen molar-refractivity contribution in [3.05, 3.63) is 33.8 Å². The normalized spacial score (nSPS) is 12.7. The lowest BCUT2D eigenvalue weighted by Crippen LogP contribution is -2.24. The van der Waals surface area contributed by atoms with Crippen LogP contribution in [-0.2, 0) is 6.42 Å². The molecular formula is C14H21Cl2N. The van der Waals surface area contributed by atoms with Crippen LogP contribution in [0.4, 0.5) is 0 Å². The van der Waals surface area contributed by atoms with E-state index < -0.39 is 0 Å². The summed E-state index contributed by atoms with van der Waals surface area (Å²) < 4.78 is 0. The number of rotatable bonds is 7. The van der Waals surface area contributed by atoms with Gasteiger partial charge in [0.1, 0.15) is 0 Å². The van der Waals surface area contributed by atoms with Crippen molar-refractivity contribution in [2.24, 2.45) is 0 Å². The molecular weight excluding hydrogens is 253 g/mol. The Morgan fingerprint density at radius 1 is 1.24 bits per heavy atom. The van der Waals surface area contributed by atoms with Crippen LogP contribution in [0.25, 0.3) is 0 Å². The summed E-state index contributed by atoms with van der Waals surface area (Å²) in [5.74, 6) is 0. The lowest BCUT2D eigenvalue weighted by atomic mass is 10.0. The van der Waals surface area contributed by atoms with Crippen LogP contribution in [0.15, 0.2) is 18.2 Å². The van der Waals surface area contributed by atoms with Gasteiger partial charge in [0.2, 0.25) is 0 Å². The highest BCUT2D eigenvalue weighted by Crippen LogP contribution is 2.22. The molecule has 0 spiro atoms. The summed E-state index contributed by atoms with van der Waals surface area (Å²) in [6, 6.07) is 6.38. The number of nitrogens with one attached hydrogen (secondary N) is 1. The van der Waals surface area contributed by atoms with Crippen molar-refractivity contribution in [2.75, 3.05) is 7.05 Å². The quantitative estimate of drug-likeness (QED) is 0.759. The summed E-state index contributed by atoms with van der Waals surface area (Å²) in [6.07, 6.45) is 5.85. The molecule has 0 saturated carbocycles. The first-order valence-corrected chi connectivity index (χ1v) is 7.04. The van der Waals surface area contributed by atoms with Crippen LogP contribution in [0.2, 0.25) is 10.0 Å². The molecule has 1 N–H and O–H groups in total. The minimum atomic E-state index is 0.631. The van der Waals surface area contributed by atoms with Crippen molar-refractivity contribution < 1.29 is 0 Å². The highest BCUT2D eigenvalue weighted by Gasteiger charge is 2.06. The molecule has 17 heavy (non-hydrogen) atoms. The molecule has 0 radical (unpaired) electrons. The molecule has 0 aliphatic rings. The highest BCUT2D eigenvalue weighted by atomic mass is 35.5. The fourth-order valence-corrected chi connectivity index (χ4v) is 2.55. The van der Waals surface area contributed by atoms with E-state index in [4.69, 9.17) is 23.2 Å². The molecule has 0 aromatic heterocycles. The Bertz CT molecular complexity index is 339. The molecule has 1 rings (SSSR count). The topological polar surface area (TPSA) is 12.0 Å². The molecule has 1 aromatic carbocycles. The van der Waals surface area contributed by atoms with E-state index in [1.165, 1.54) is 24.8 Å². The minimum Gasteiger partial charge on any atom is -0.317 e. The third-order valence-electron chi connectivity index (χ3n) is 3.06. The standard InChI is InChI=1S/C14H21Cl2N/c1-3-5-13(17-2)7-4-6-11-8-9-12(15)10-14(11)16/h8-10,13,17H,3-7H2,1-2H3. The van der Waals surface area contributed by atoms with Gasteiger partial charge in [-0.05, 0) is 50.4 Å². The first kappa shape index (κ1) is 14.8. The van der Waals surface area contributed by atoms with Gasteiger partial charge in [-0.15, -0.1) is 0 Å². The van der Waals surface area contributed by atoms with E-state index in [2.05, 4.69) is 12.2 Å². The summed E-state index contributed by atoms with van der Waals surface area (Å²) in [5, 5.41) is 4.85. The molecule has 96 valence electrons. The third kappa shape index (κ3) is 5.29. The van der Waals surface area contributed by atoms with E-state index in [1.807, 2.05) is 25.2 Å². The van der Waals surface area contributed by atoms with E-state index in [9.17, 15) is 0 Å². The van der Waals surface area contributed by atoms with Gasteiger partial charge in [0.05, 0.1) is 0 Å². The molecule has 0 amide bonds. The lowest BCUT2D eigenvalue weighted by molar-refractivity contribution is 0.470. The van der Waals surface area contributed by atoms with Gasteiger partial charge in [-0.1, -0.05) is 42.6 Å². The van der Waals surface area contributed by atoms with Gasteiger partial charge >= 0.3 is 0 Å². The number of hydrogen-bond acceptors (Lipinski definition) is 1. The van der Waals surface area contributed by atoms with Crippen molar-refractivity contribution in [1.29, 1.82) is 0 Å². The summed E-state index contributed by atoms with van der Waals surface area (Å²) in [6.45, 7) is 2.22. The molecule has 0 heterocycles. The van der Waals surface area contributed by atoms with Crippen molar-refractivity contribution in [3.8, 4) is 0 Å². The summed E-state index contributed by atoms with van der Waals surface area (Å²) in [5.41, 5.74) is 1.20. The summed E-state index contributed by atoms with van der Waals surface area (Å²) in [4.78, 5) is 0. The predicted molar refractivity (Wildman–Crippen MR) is 77.2 cm³/mol. The maximum Gasteiger partial charge on any atom is 0.0452 e. The van der Waals surface area contributed by atoms with Crippen LogP contribution in [0.5, 0.6) is 0 Å². The molecule has 3 heteroatoms. The third-order valence-corrected chi connectivity index (χ3v) is 3.65. The van der Waals surface area contributed by atoms with E-state index in [0.29, 0.717) is 11.1 Å². The Hall–Kier alpha value is -0.240. The zero-order chi connectivity index (χ0) is 12.7. The zero-order valence-corrected chi connectivity index (χ0v) is 12.1. The number of aryl methyl sites for hydroxylation is 1. The average Bonchev–Trinajstić information content (AvgIpc) is 2.30. The van der Waals surface area contributed by atoms with Gasteiger partial charge < -0.3 is 5.32 Å². The Balaban J connectivity index is 2.39. The smallest absolute Gasteiger partial charge is 0.0452 e. The SMILES string of the molecule is CCCC(CCCc1ccc(Cl)cc1Cl)NC. The van der Waals surface area contributed by atoms with E-state index in [0.717, 1.165) is 17.9 Å². The van der Waals surface area contributed by atoms with E-state index in [1.54, 1.807) is 0 Å². The van der Waals surface area contributed by atoms with Crippen LogP contribution < -0.4 is 5.32 Å². The Labute approximate surface area is 115 Å². The van der Waals surface area contributed by atoms with Crippen molar-refractivity contribution >= 4 is 23.2 Å². The van der Waals surface area contributed by atoms with Crippen molar-refractivity contribution in [1.82, 2.24) is 5.32 Å². The van der Waals surface area contributed by atoms with Gasteiger partial charge in [-0.3, -0.25) is 0 Å². The monoisotopic (exact) mass is 273 g/mol. The number of hydrogen-bond donors (Lipinski definition) is 1. The summed E-state index contributed by atoms with van der Waals surface area (Å²) >= 11 is 12.0. The second-order valence-electron chi connectivity index (χ2n) is 4.40. The maximum absolute atomic E-state index is 6.14. The number of halogens is 2. The molecule has 1 atom stereocenters. The van der Waals surface area contributed by atoms with Crippen LogP contribution >= 0.6 is 23.2 Å². The molecule has 1 unspecified atom stereocenters. The van der Waals surface area contributed by atoms with Crippen molar-refractivity contribution in [3.63, 3.8) is 0 Å². The molecule has 0 saturated heterocycles. The molecule has 1 aromatic rings. The first-order valence-electron chi connectivity index (χ1n) is 6.28. The second-order valence-corrected chi connectivity index (χ2v) is 5.25. The van der Waals surface area contributed by atoms with Gasteiger partial charge in [-0.2, -0.15) is 0 Å². The van der Waals surface area contributed by atoms with Gasteiger partial charge in [-0.25, -0.2) is 0 Å². The van der Waals surface area contributed by atoms with Gasteiger partial charge in [0.25, 0.3) is 0 Å². The maximum atomic E-state index is 6.14. The minimum absolute atomic E-state index is 0.631. The van der Waals surface area contributed by atoms with Crippen LogP contribution in [0, 0.1) is 0 Å². The lowest BCUT2D eigenvalue weighted by Gasteiger charge is -2.15. The Kier molecular flexibility index (Phi) is 6.94. The highest BCUT2D eigenvalue weighted by molar-refractivity contribution is 6.35. The molecule has 0 aliphatic carbocycles. The first-order chi connectivity index (χ1) is 8.17. The van der Waals surface area contributed by atoms with Crippen LogP contribution in [-0.4, -0.2) is 13.1 Å². The van der Waals surface area contributed by atoms with Gasteiger partial charge in [0.15, 0.2) is 0 Å². The fraction of sp³-hybridized carbons (Fsp3) is 0.571. The second kappa shape index (κ2) is 7.97. The van der Waals surface area contributed by atoms with E-state index >= 15 is 0 Å². The molecule has 0 fully saturated rings. The Morgan fingerprint density at radius 2 is 2.00 bits per heavy atom. The molecule has 0 bridgehead atoms. The predicted octanol–water partition coefficient (Wildman–Crippen LogP) is 4.70. The van der Waals surface area contributed by atoms with Crippen LogP contribution in [0.1, 0.15) is 38.2 Å². The average molecular weight is 274 g/mol. The molecule has 1 nitrogen and oxygen atoms in total.